The van der Waals surface area contributed by atoms with Crippen LogP contribution in [0.3, 0.4) is 0 Å². The Morgan fingerprint density at radius 2 is 2.17 bits per heavy atom. The number of nitrogens with zero attached hydrogens (tertiary/aromatic N) is 2. The lowest BCUT2D eigenvalue weighted by Crippen LogP contribution is -2.42. The molecule has 6 heteroatoms. The number of hydrogen-bond acceptors (Lipinski definition) is 5. The predicted molar refractivity (Wildman–Crippen MR) is 118 cm³/mol. The van der Waals surface area contributed by atoms with Gasteiger partial charge in [-0.15, -0.1) is 11.3 Å². The van der Waals surface area contributed by atoms with E-state index in [0.717, 1.165) is 37.2 Å². The largest absolute Gasteiger partial charge is 0.492 e. The quantitative estimate of drug-likeness (QED) is 0.600. The lowest BCUT2D eigenvalue weighted by molar-refractivity contribution is -0.122. The average molecular weight is 410 g/mol. The van der Waals surface area contributed by atoms with E-state index in [2.05, 4.69) is 28.4 Å². The molecule has 1 aliphatic rings. The summed E-state index contributed by atoms with van der Waals surface area (Å²) < 4.78 is 6.94. The van der Waals surface area contributed by atoms with E-state index in [0.29, 0.717) is 25.6 Å². The van der Waals surface area contributed by atoms with E-state index in [-0.39, 0.29) is 5.91 Å². The van der Waals surface area contributed by atoms with Crippen LogP contribution in [0.1, 0.15) is 29.3 Å². The van der Waals surface area contributed by atoms with Crippen LogP contribution >= 0.6 is 11.3 Å². The molecule has 0 radical (unpaired) electrons. The monoisotopic (exact) mass is 409 g/mol. The van der Waals surface area contributed by atoms with Crippen molar-refractivity contribution < 1.29 is 9.53 Å². The van der Waals surface area contributed by atoms with Crippen molar-refractivity contribution in [2.24, 2.45) is 0 Å². The highest BCUT2D eigenvalue weighted by atomic mass is 32.1. The molecule has 1 fully saturated rings. The van der Waals surface area contributed by atoms with Gasteiger partial charge in [-0.25, -0.2) is 4.98 Å². The van der Waals surface area contributed by atoms with E-state index in [9.17, 15) is 4.79 Å². The van der Waals surface area contributed by atoms with E-state index < -0.39 is 0 Å². The standard InChI is InChI=1S/C23H27N3O2S/c1-17-6-4-8-19(14-17)28-13-11-24-22(27)16-26-12-5-7-18(15-26)23-25-20-9-2-3-10-21(20)29-23/h2-4,6,8-10,14,18H,5,7,11-13,15-16H2,1H3,(H,24,27)/t18-/m1/s1. The molecule has 0 bridgehead atoms. The van der Waals surface area contributed by atoms with Crippen molar-refractivity contribution in [3.63, 3.8) is 0 Å². The summed E-state index contributed by atoms with van der Waals surface area (Å²) in [6.45, 7) is 5.33. The smallest absolute Gasteiger partial charge is 0.234 e. The van der Waals surface area contributed by atoms with Gasteiger partial charge in [-0.2, -0.15) is 0 Å². The van der Waals surface area contributed by atoms with Gasteiger partial charge < -0.3 is 10.1 Å². The molecule has 29 heavy (non-hydrogen) atoms. The van der Waals surface area contributed by atoms with Crippen molar-refractivity contribution in [2.75, 3.05) is 32.8 Å². The third-order valence-corrected chi connectivity index (χ3v) is 6.41. The molecule has 0 aliphatic carbocycles. The van der Waals surface area contributed by atoms with E-state index in [1.165, 1.54) is 15.3 Å². The van der Waals surface area contributed by atoms with Gasteiger partial charge in [-0.1, -0.05) is 24.3 Å². The van der Waals surface area contributed by atoms with Gasteiger partial charge in [0.05, 0.1) is 28.3 Å². The van der Waals surface area contributed by atoms with Gasteiger partial charge in [0.15, 0.2) is 0 Å². The van der Waals surface area contributed by atoms with Crippen molar-refractivity contribution >= 4 is 27.5 Å². The maximum absolute atomic E-state index is 12.3. The molecule has 0 spiro atoms. The number of para-hydroxylation sites is 1. The van der Waals surface area contributed by atoms with Gasteiger partial charge in [-0.3, -0.25) is 9.69 Å². The van der Waals surface area contributed by atoms with E-state index in [4.69, 9.17) is 9.72 Å². The van der Waals surface area contributed by atoms with Gasteiger partial charge in [0, 0.05) is 12.5 Å². The molecule has 1 atom stereocenters. The van der Waals surface area contributed by atoms with Crippen LogP contribution in [0.2, 0.25) is 0 Å². The van der Waals surface area contributed by atoms with Crippen molar-refractivity contribution in [2.45, 2.75) is 25.7 Å². The number of aromatic nitrogens is 1. The summed E-state index contributed by atoms with van der Waals surface area (Å²) in [6, 6.07) is 16.2. The van der Waals surface area contributed by atoms with Crippen molar-refractivity contribution in [1.29, 1.82) is 0 Å². The Balaban J connectivity index is 1.23. The number of carbonyl (C=O) groups excluding carboxylic acids is 1. The lowest BCUT2D eigenvalue weighted by Gasteiger charge is -2.31. The summed E-state index contributed by atoms with van der Waals surface area (Å²) in [4.78, 5) is 19.4. The summed E-state index contributed by atoms with van der Waals surface area (Å²) in [5, 5.41) is 4.17. The molecule has 3 aromatic rings. The highest BCUT2D eigenvalue weighted by molar-refractivity contribution is 7.18. The number of rotatable bonds is 7. The summed E-state index contributed by atoms with van der Waals surface area (Å²) in [5.41, 5.74) is 2.25. The van der Waals surface area contributed by atoms with Gasteiger partial charge in [0.1, 0.15) is 12.4 Å². The van der Waals surface area contributed by atoms with E-state index in [1.807, 2.05) is 37.3 Å². The SMILES string of the molecule is Cc1cccc(OCCNC(=O)CN2CCC[C@@H](c3nc4ccccc4s3)C2)c1. The molecule has 2 aromatic carbocycles. The summed E-state index contributed by atoms with van der Waals surface area (Å²) in [7, 11) is 0. The number of likely N-dealkylation sites (tertiary alicyclic amines) is 1. The molecule has 1 N–H and O–H groups in total. The minimum atomic E-state index is 0.0581. The number of thiazole rings is 1. The van der Waals surface area contributed by atoms with Crippen LogP contribution in [0.15, 0.2) is 48.5 Å². The number of aryl methyl sites for hydroxylation is 1. The highest BCUT2D eigenvalue weighted by Gasteiger charge is 2.25. The Bertz CT molecular complexity index is 938. The molecule has 5 nitrogen and oxygen atoms in total. The molecule has 2 heterocycles. The van der Waals surface area contributed by atoms with Crippen LogP contribution in [0, 0.1) is 6.92 Å². The first-order valence-electron chi connectivity index (χ1n) is 10.2. The van der Waals surface area contributed by atoms with Gasteiger partial charge >= 0.3 is 0 Å². The number of piperidine rings is 1. The van der Waals surface area contributed by atoms with Crippen LogP contribution in [0.25, 0.3) is 10.2 Å². The normalized spacial score (nSPS) is 17.3. The summed E-state index contributed by atoms with van der Waals surface area (Å²) in [5.74, 6) is 1.32. The average Bonchev–Trinajstić information content (AvgIpc) is 3.16. The number of hydrogen-bond donors (Lipinski definition) is 1. The minimum absolute atomic E-state index is 0.0581. The molecule has 152 valence electrons. The molecular weight excluding hydrogens is 382 g/mol. The van der Waals surface area contributed by atoms with E-state index >= 15 is 0 Å². The number of benzene rings is 2. The number of amides is 1. The zero-order chi connectivity index (χ0) is 20.1. The molecular formula is C23H27N3O2S. The van der Waals surface area contributed by atoms with E-state index in [1.54, 1.807) is 11.3 Å². The Morgan fingerprint density at radius 3 is 3.03 bits per heavy atom. The number of fused-ring (bicyclic) bond motifs is 1. The zero-order valence-corrected chi connectivity index (χ0v) is 17.6. The first-order valence-corrected chi connectivity index (χ1v) is 11.0. The van der Waals surface area contributed by atoms with Crippen LogP contribution < -0.4 is 10.1 Å². The Hall–Kier alpha value is -2.44. The maximum atomic E-state index is 12.3. The maximum Gasteiger partial charge on any atom is 0.234 e. The Labute approximate surface area is 175 Å². The minimum Gasteiger partial charge on any atom is -0.492 e. The topological polar surface area (TPSA) is 54.5 Å². The number of carbonyl (C=O) groups is 1. The molecule has 0 saturated carbocycles. The second kappa shape index (κ2) is 9.37. The fraction of sp³-hybridized carbons (Fsp3) is 0.391. The van der Waals surface area contributed by atoms with Gasteiger partial charge in [0.2, 0.25) is 5.91 Å². The first-order chi connectivity index (χ1) is 14.2. The van der Waals surface area contributed by atoms with Gasteiger partial charge in [0.25, 0.3) is 0 Å². The highest BCUT2D eigenvalue weighted by Crippen LogP contribution is 2.32. The molecule has 0 unspecified atom stereocenters. The lowest BCUT2D eigenvalue weighted by atomic mass is 9.99. The van der Waals surface area contributed by atoms with Crippen molar-refractivity contribution in [3.05, 3.63) is 59.1 Å². The second-order valence-electron chi connectivity index (χ2n) is 7.61. The van der Waals surface area contributed by atoms with Crippen LogP contribution in [-0.2, 0) is 4.79 Å². The fourth-order valence-corrected chi connectivity index (χ4v) is 4.88. The first kappa shape index (κ1) is 19.9. The van der Waals surface area contributed by atoms with Crippen LogP contribution in [0.5, 0.6) is 5.75 Å². The van der Waals surface area contributed by atoms with Crippen molar-refractivity contribution in [3.8, 4) is 5.75 Å². The van der Waals surface area contributed by atoms with Crippen LogP contribution in [-0.4, -0.2) is 48.6 Å². The molecule has 1 amide bonds. The zero-order valence-electron chi connectivity index (χ0n) is 16.8. The predicted octanol–water partition coefficient (Wildman–Crippen LogP) is 3.98. The third-order valence-electron chi connectivity index (χ3n) is 5.21. The second-order valence-corrected chi connectivity index (χ2v) is 8.67. The Morgan fingerprint density at radius 1 is 1.28 bits per heavy atom. The molecule has 1 aromatic heterocycles. The Kier molecular flexibility index (Phi) is 6.42. The molecule has 4 rings (SSSR count). The molecule has 1 aliphatic heterocycles. The number of nitrogens with one attached hydrogen (secondary N) is 1. The molecule has 1 saturated heterocycles. The fourth-order valence-electron chi connectivity index (χ4n) is 3.79. The number of ether oxygens (including phenoxy) is 1. The summed E-state index contributed by atoms with van der Waals surface area (Å²) in [6.07, 6.45) is 2.24. The third kappa shape index (κ3) is 5.34. The van der Waals surface area contributed by atoms with Crippen molar-refractivity contribution in [1.82, 2.24) is 15.2 Å². The van der Waals surface area contributed by atoms with Gasteiger partial charge in [-0.05, 0) is 56.1 Å². The summed E-state index contributed by atoms with van der Waals surface area (Å²) >= 11 is 1.79. The van der Waals surface area contributed by atoms with Crippen LogP contribution in [0.4, 0.5) is 0 Å².